The largest absolute Gasteiger partial charge is 0.349 e. The van der Waals surface area contributed by atoms with Crippen molar-refractivity contribution in [1.82, 2.24) is 10.6 Å². The van der Waals surface area contributed by atoms with Gasteiger partial charge in [0.05, 0.1) is 11.3 Å². The molecular weight excluding hydrogens is 266 g/mol. The molecule has 0 radical (unpaired) electrons. The van der Waals surface area contributed by atoms with Crippen LogP contribution in [0.1, 0.15) is 30.1 Å². The van der Waals surface area contributed by atoms with E-state index in [1.165, 1.54) is 0 Å². The van der Waals surface area contributed by atoms with Crippen LogP contribution in [-0.2, 0) is 4.79 Å². The van der Waals surface area contributed by atoms with Gasteiger partial charge in [0.1, 0.15) is 0 Å². The lowest BCUT2D eigenvalue weighted by Crippen LogP contribution is -2.48. The van der Waals surface area contributed by atoms with Gasteiger partial charge >= 0.3 is 0 Å². The highest BCUT2D eigenvalue weighted by Crippen LogP contribution is 2.23. The van der Waals surface area contributed by atoms with Crippen molar-refractivity contribution in [2.75, 3.05) is 18.4 Å². The highest BCUT2D eigenvalue weighted by Gasteiger charge is 2.29. The molecule has 2 aliphatic rings. The number of hydrogen-bond acceptors (Lipinski definition) is 3. The second-order valence-corrected chi connectivity index (χ2v) is 5.99. The molecule has 2 fully saturated rings. The number of anilines is 1. The lowest BCUT2D eigenvalue weighted by molar-refractivity contribution is -0.121. The van der Waals surface area contributed by atoms with Crippen molar-refractivity contribution in [2.24, 2.45) is 11.8 Å². The van der Waals surface area contributed by atoms with E-state index in [4.69, 9.17) is 0 Å². The lowest BCUT2D eigenvalue weighted by Gasteiger charge is -2.31. The zero-order valence-corrected chi connectivity index (χ0v) is 12.2. The number of hydrogen-bond donors (Lipinski definition) is 3. The monoisotopic (exact) mass is 287 g/mol. The van der Waals surface area contributed by atoms with Gasteiger partial charge in [-0.05, 0) is 44.0 Å². The maximum Gasteiger partial charge on any atom is 0.253 e. The van der Waals surface area contributed by atoms with Crippen molar-refractivity contribution in [1.29, 1.82) is 0 Å². The first-order valence-electron chi connectivity index (χ1n) is 7.56. The number of nitrogens with one attached hydrogen (secondary N) is 3. The van der Waals surface area contributed by atoms with Crippen LogP contribution in [0.25, 0.3) is 0 Å². The summed E-state index contributed by atoms with van der Waals surface area (Å²) in [5.41, 5.74) is 1.14. The molecule has 1 aliphatic carbocycles. The zero-order chi connectivity index (χ0) is 14.8. The number of amides is 2. The highest BCUT2D eigenvalue weighted by atomic mass is 16.2. The summed E-state index contributed by atoms with van der Waals surface area (Å²) in [5, 5.41) is 9.04. The van der Waals surface area contributed by atoms with Crippen molar-refractivity contribution in [3.8, 4) is 0 Å². The van der Waals surface area contributed by atoms with Crippen LogP contribution in [0.3, 0.4) is 0 Å². The number of carbonyl (C=O) groups is 2. The molecule has 1 atom stereocenters. The van der Waals surface area contributed by atoms with Crippen LogP contribution in [0.4, 0.5) is 5.69 Å². The molecule has 1 aromatic carbocycles. The molecule has 112 valence electrons. The van der Waals surface area contributed by atoms with Crippen LogP contribution in [-0.4, -0.2) is 30.9 Å². The Labute approximate surface area is 124 Å². The minimum Gasteiger partial charge on any atom is -0.349 e. The fraction of sp³-hybridized carbons (Fsp3) is 0.500. The highest BCUT2D eigenvalue weighted by molar-refractivity contribution is 6.04. The van der Waals surface area contributed by atoms with Crippen molar-refractivity contribution < 1.29 is 9.59 Å². The maximum absolute atomic E-state index is 12.3. The van der Waals surface area contributed by atoms with E-state index in [9.17, 15) is 9.59 Å². The van der Waals surface area contributed by atoms with E-state index in [1.54, 1.807) is 12.1 Å². The molecule has 0 bridgehead atoms. The zero-order valence-electron chi connectivity index (χ0n) is 12.2. The average molecular weight is 287 g/mol. The Balaban J connectivity index is 1.68. The molecule has 5 heteroatoms. The summed E-state index contributed by atoms with van der Waals surface area (Å²) < 4.78 is 0. The van der Waals surface area contributed by atoms with E-state index < -0.39 is 0 Å². The van der Waals surface area contributed by atoms with Gasteiger partial charge in [0.15, 0.2) is 0 Å². The number of carbonyl (C=O) groups excluding carboxylic acids is 2. The topological polar surface area (TPSA) is 70.2 Å². The third-order valence-corrected chi connectivity index (χ3v) is 4.28. The maximum atomic E-state index is 12.3. The molecule has 3 rings (SSSR count). The molecule has 1 aromatic rings. The predicted octanol–water partition coefficient (Wildman–Crippen LogP) is 1.37. The third kappa shape index (κ3) is 3.24. The Bertz CT molecular complexity index is 550. The molecule has 5 nitrogen and oxygen atoms in total. The fourth-order valence-electron chi connectivity index (χ4n) is 2.41. The molecule has 1 saturated heterocycles. The number of rotatable bonds is 5. The quantitative estimate of drug-likeness (QED) is 0.766. The summed E-state index contributed by atoms with van der Waals surface area (Å²) in [6.45, 7) is 3.71. The minimum absolute atomic E-state index is 0.0202. The normalized spacial score (nSPS) is 19.5. The first-order valence-corrected chi connectivity index (χ1v) is 7.56. The van der Waals surface area contributed by atoms with Crippen LogP contribution in [0.15, 0.2) is 24.3 Å². The van der Waals surface area contributed by atoms with Gasteiger partial charge in [0.2, 0.25) is 5.91 Å². The van der Waals surface area contributed by atoms with Crippen LogP contribution < -0.4 is 16.0 Å². The third-order valence-electron chi connectivity index (χ3n) is 4.28. The number of benzene rings is 1. The summed E-state index contributed by atoms with van der Waals surface area (Å²) in [5.74, 6) is 0.211. The fourth-order valence-corrected chi connectivity index (χ4v) is 2.41. The molecule has 1 heterocycles. The summed E-state index contributed by atoms with van der Waals surface area (Å²) in [4.78, 5) is 24.5. The van der Waals surface area contributed by atoms with Gasteiger partial charge in [0, 0.05) is 12.0 Å². The van der Waals surface area contributed by atoms with Crippen molar-refractivity contribution in [3.05, 3.63) is 29.8 Å². The van der Waals surface area contributed by atoms with E-state index in [0.29, 0.717) is 23.2 Å². The van der Waals surface area contributed by atoms with Gasteiger partial charge in [-0.25, -0.2) is 0 Å². The van der Waals surface area contributed by atoms with Gasteiger partial charge < -0.3 is 16.0 Å². The van der Waals surface area contributed by atoms with Gasteiger partial charge in [-0.1, -0.05) is 19.1 Å². The van der Waals surface area contributed by atoms with Crippen molar-refractivity contribution in [2.45, 2.75) is 25.8 Å². The summed E-state index contributed by atoms with van der Waals surface area (Å²) in [6.07, 6.45) is 2.10. The Morgan fingerprint density at radius 3 is 2.57 bits per heavy atom. The van der Waals surface area contributed by atoms with E-state index in [1.807, 2.05) is 19.1 Å². The van der Waals surface area contributed by atoms with Crippen LogP contribution in [0.5, 0.6) is 0 Å². The standard InChI is InChI=1S/C16H21N3O2/c1-10(11-8-17-9-11)15(20)19-14-5-3-2-4-13(14)16(21)18-12-6-7-12/h2-5,10-12,17H,6-9H2,1H3,(H,18,21)(H,19,20). The first kappa shape index (κ1) is 14.1. The van der Waals surface area contributed by atoms with E-state index in [2.05, 4.69) is 16.0 Å². The molecule has 21 heavy (non-hydrogen) atoms. The van der Waals surface area contributed by atoms with Gasteiger partial charge in [-0.3, -0.25) is 9.59 Å². The first-order chi connectivity index (χ1) is 10.1. The molecule has 1 aliphatic heterocycles. The summed E-state index contributed by atoms with van der Waals surface area (Å²) >= 11 is 0. The van der Waals surface area contributed by atoms with E-state index in [0.717, 1.165) is 25.9 Å². The minimum atomic E-state index is -0.105. The van der Waals surface area contributed by atoms with Gasteiger partial charge in [-0.2, -0.15) is 0 Å². The Morgan fingerprint density at radius 2 is 1.95 bits per heavy atom. The molecular formula is C16H21N3O2. The van der Waals surface area contributed by atoms with Crippen LogP contribution in [0.2, 0.25) is 0 Å². The Kier molecular flexibility index (Phi) is 3.92. The van der Waals surface area contributed by atoms with E-state index >= 15 is 0 Å². The van der Waals surface area contributed by atoms with Gasteiger partial charge in [0.25, 0.3) is 5.91 Å². The van der Waals surface area contributed by atoms with Crippen molar-refractivity contribution in [3.63, 3.8) is 0 Å². The second kappa shape index (κ2) is 5.85. The average Bonchev–Trinajstić information content (AvgIpc) is 3.21. The lowest BCUT2D eigenvalue weighted by atomic mass is 9.88. The van der Waals surface area contributed by atoms with Crippen LogP contribution in [0, 0.1) is 11.8 Å². The molecule has 1 saturated carbocycles. The Morgan fingerprint density at radius 1 is 1.24 bits per heavy atom. The molecule has 0 aromatic heterocycles. The molecule has 1 unspecified atom stereocenters. The number of para-hydroxylation sites is 1. The molecule has 0 spiro atoms. The SMILES string of the molecule is CC(C(=O)Nc1ccccc1C(=O)NC1CC1)C1CNC1. The molecule has 3 N–H and O–H groups in total. The van der Waals surface area contributed by atoms with Crippen LogP contribution >= 0.6 is 0 Å². The predicted molar refractivity (Wildman–Crippen MR) is 81.1 cm³/mol. The Hall–Kier alpha value is -1.88. The van der Waals surface area contributed by atoms with E-state index in [-0.39, 0.29) is 17.7 Å². The summed E-state index contributed by atoms with van der Waals surface area (Å²) in [6, 6.07) is 7.49. The smallest absolute Gasteiger partial charge is 0.253 e. The molecule has 2 amide bonds. The second-order valence-electron chi connectivity index (χ2n) is 5.99. The van der Waals surface area contributed by atoms with Gasteiger partial charge in [-0.15, -0.1) is 0 Å². The summed E-state index contributed by atoms with van der Waals surface area (Å²) in [7, 11) is 0. The van der Waals surface area contributed by atoms with Crippen molar-refractivity contribution >= 4 is 17.5 Å².